The molecule has 18 saturated carbocycles. The largest absolute Gasteiger partial charge is 0.0651 e. The smallest absolute Gasteiger partial charge is 0.0297 e. The lowest BCUT2D eigenvalue weighted by atomic mass is 9.52. The number of hydrogen-bond acceptors (Lipinski definition) is 0. The Bertz CT molecular complexity index is 1450. The van der Waals surface area contributed by atoms with Crippen molar-refractivity contribution in [1.29, 1.82) is 0 Å². The molecule has 0 N–H and O–H groups in total. The van der Waals surface area contributed by atoms with Gasteiger partial charge in [0.25, 0.3) is 0 Å². The van der Waals surface area contributed by atoms with Gasteiger partial charge in [-0.2, -0.15) is 0 Å². The number of hydrogen-bond donors (Lipinski definition) is 0. The van der Waals surface area contributed by atoms with Gasteiger partial charge < -0.3 is 0 Å². The van der Waals surface area contributed by atoms with Gasteiger partial charge in [0.15, 0.2) is 0 Å². The predicted molar refractivity (Wildman–Crippen MR) is 297 cm³/mol. The minimum absolute atomic E-state index is 0.654. The Hall–Kier alpha value is 0. The molecule has 0 aromatic heterocycles. The Morgan fingerprint density at radius 1 is 0.324 bits per heavy atom. The number of rotatable bonds is 1. The lowest BCUT2D eigenvalue weighted by Crippen LogP contribution is -2.44. The van der Waals surface area contributed by atoms with Crippen molar-refractivity contribution in [3.63, 3.8) is 0 Å². The van der Waals surface area contributed by atoms with E-state index in [0.717, 1.165) is 136 Å². The van der Waals surface area contributed by atoms with E-state index in [1.54, 1.807) is 64.2 Å². The van der Waals surface area contributed by atoms with Crippen LogP contribution in [0.25, 0.3) is 0 Å². The van der Waals surface area contributed by atoms with E-state index in [1.807, 2.05) is 0 Å². The Morgan fingerprint density at radius 2 is 0.750 bits per heavy atom. The molecule has 18 fully saturated rings. The van der Waals surface area contributed by atoms with Crippen LogP contribution in [0.1, 0.15) is 283 Å². The van der Waals surface area contributed by atoms with Crippen molar-refractivity contribution >= 4 is 0 Å². The highest BCUT2D eigenvalue weighted by Crippen LogP contribution is 2.60. The molecule has 0 aliphatic heterocycles. The van der Waals surface area contributed by atoms with Gasteiger partial charge in [-0.25, -0.2) is 0 Å². The van der Waals surface area contributed by atoms with Crippen LogP contribution in [-0.4, -0.2) is 0 Å². The van der Waals surface area contributed by atoms with Crippen molar-refractivity contribution in [3.05, 3.63) is 0 Å². The minimum atomic E-state index is 0.654. The molecule has 68 heavy (non-hydrogen) atoms. The number of fused-ring (bicyclic) bond motifs is 18. The van der Waals surface area contributed by atoms with E-state index in [4.69, 9.17) is 0 Å². The molecule has 18 aliphatic carbocycles. The highest BCUT2D eigenvalue weighted by Gasteiger charge is 2.50. The summed E-state index contributed by atoms with van der Waals surface area (Å²) in [6.07, 6.45) is 44.5. The van der Waals surface area contributed by atoms with Gasteiger partial charge in [0.05, 0.1) is 0 Å². The van der Waals surface area contributed by atoms with Gasteiger partial charge in [-0.3, -0.25) is 0 Å². The Labute approximate surface area is 427 Å². The van der Waals surface area contributed by atoms with E-state index < -0.39 is 0 Å². The van der Waals surface area contributed by atoms with E-state index in [1.165, 1.54) is 122 Å². The SMILES string of the molecule is CC1C2CCC(C2)[C@H]1C.CC1C2CCC(CC2)[C@H]1C.CCC1CC2CCC1C2.C[C@@H]1C2CCC(C2)C1(C)C.C[C@@H]1C2CCC(CC2)C1(C)C.C[C@H]1CC2CCC1(C)CC2.C[C@H]1CC2CCC1CC2. The van der Waals surface area contributed by atoms with E-state index in [9.17, 15) is 0 Å². The fraction of sp³-hybridized carbons (Fsp3) is 1.00. The van der Waals surface area contributed by atoms with Crippen molar-refractivity contribution in [2.24, 2.45) is 146 Å². The maximum Gasteiger partial charge on any atom is -0.0297 e. The molecule has 0 amide bonds. The average Bonchev–Trinajstić information content (AvgIpc) is 4.24. The maximum absolute atomic E-state index is 2.49. The molecule has 0 heteroatoms. The molecule has 14 bridgehead atoms. The average molecular weight is 940 g/mol. The summed E-state index contributed by atoms with van der Waals surface area (Å²) >= 11 is 0. The van der Waals surface area contributed by atoms with Gasteiger partial charge in [0.1, 0.15) is 0 Å². The molecule has 0 saturated heterocycles. The van der Waals surface area contributed by atoms with Crippen LogP contribution in [0.5, 0.6) is 0 Å². The Kier molecular flexibility index (Phi) is 18.2. The van der Waals surface area contributed by atoms with E-state index in [2.05, 4.69) is 96.9 Å². The zero-order valence-corrected chi connectivity index (χ0v) is 48.7. The summed E-state index contributed by atoms with van der Waals surface area (Å²) in [6, 6.07) is 0. The quantitative estimate of drug-likeness (QED) is 0.246. The third-order valence-electron chi connectivity index (χ3n) is 28.0. The van der Waals surface area contributed by atoms with Crippen molar-refractivity contribution in [3.8, 4) is 0 Å². The molecule has 0 aromatic carbocycles. The molecule has 18 aliphatic rings. The fourth-order valence-corrected chi connectivity index (χ4v) is 20.8. The molecule has 9 unspecified atom stereocenters. The third-order valence-corrected chi connectivity index (χ3v) is 28.0. The second-order valence-corrected chi connectivity index (χ2v) is 31.1. The summed E-state index contributed by atoms with van der Waals surface area (Å²) in [7, 11) is 0. The molecular weight excluding hydrogens is 817 g/mol. The van der Waals surface area contributed by atoms with Gasteiger partial charge in [-0.1, -0.05) is 123 Å². The van der Waals surface area contributed by atoms with Crippen LogP contribution in [0.3, 0.4) is 0 Å². The molecule has 18 rings (SSSR count). The lowest BCUT2D eigenvalue weighted by Gasteiger charge is -2.53. The van der Waals surface area contributed by atoms with Crippen LogP contribution in [0, 0.1) is 146 Å². The first-order valence-corrected chi connectivity index (χ1v) is 32.3. The van der Waals surface area contributed by atoms with Crippen molar-refractivity contribution in [2.75, 3.05) is 0 Å². The molecule has 0 nitrogen and oxygen atoms in total. The molecular formula is C68H122. The summed E-state index contributed by atoms with van der Waals surface area (Å²) in [5.74, 6) is 23.7. The van der Waals surface area contributed by atoms with Crippen LogP contribution in [0.15, 0.2) is 0 Å². The first kappa shape index (κ1) is 54.3. The van der Waals surface area contributed by atoms with Crippen LogP contribution < -0.4 is 0 Å². The van der Waals surface area contributed by atoms with Gasteiger partial charge in [-0.05, 0) is 307 Å². The Morgan fingerprint density at radius 3 is 1.01 bits per heavy atom. The van der Waals surface area contributed by atoms with Gasteiger partial charge in [0, 0.05) is 0 Å². The van der Waals surface area contributed by atoms with E-state index in [-0.39, 0.29) is 0 Å². The normalized spacial score (nSPS) is 51.3. The lowest BCUT2D eigenvalue weighted by molar-refractivity contribution is -0.0319. The van der Waals surface area contributed by atoms with E-state index in [0.29, 0.717) is 10.8 Å². The maximum atomic E-state index is 2.49. The molecule has 0 aromatic rings. The van der Waals surface area contributed by atoms with Crippen molar-refractivity contribution in [2.45, 2.75) is 283 Å². The van der Waals surface area contributed by atoms with Gasteiger partial charge in [0.2, 0.25) is 0 Å². The fourth-order valence-electron chi connectivity index (χ4n) is 20.8. The van der Waals surface area contributed by atoms with Crippen LogP contribution in [-0.2, 0) is 0 Å². The van der Waals surface area contributed by atoms with Crippen LogP contribution >= 0.6 is 0 Å². The van der Waals surface area contributed by atoms with E-state index >= 15 is 0 Å². The first-order valence-electron chi connectivity index (χ1n) is 32.3. The van der Waals surface area contributed by atoms with Gasteiger partial charge in [-0.15, -0.1) is 0 Å². The molecule has 0 radical (unpaired) electrons. The summed E-state index contributed by atoms with van der Waals surface area (Å²) in [6.45, 7) is 34.3. The monoisotopic (exact) mass is 939 g/mol. The zero-order chi connectivity index (χ0) is 48.7. The Balaban J connectivity index is 0.000000107. The predicted octanol–water partition coefficient (Wildman–Crippen LogP) is 21.2. The minimum Gasteiger partial charge on any atom is -0.0651 e. The van der Waals surface area contributed by atoms with Crippen molar-refractivity contribution in [1.82, 2.24) is 0 Å². The van der Waals surface area contributed by atoms with Crippen LogP contribution in [0.2, 0.25) is 0 Å². The summed E-state index contributed by atoms with van der Waals surface area (Å²) < 4.78 is 0. The first-order chi connectivity index (χ1) is 32.3. The zero-order valence-electron chi connectivity index (χ0n) is 48.7. The summed E-state index contributed by atoms with van der Waals surface area (Å²) in [5, 5.41) is 0. The van der Waals surface area contributed by atoms with Crippen molar-refractivity contribution < 1.29 is 0 Å². The topological polar surface area (TPSA) is 0 Å². The summed E-state index contributed by atoms with van der Waals surface area (Å²) in [5.41, 5.74) is 2.07. The summed E-state index contributed by atoms with van der Waals surface area (Å²) in [4.78, 5) is 0. The molecule has 394 valence electrons. The second-order valence-electron chi connectivity index (χ2n) is 31.1. The van der Waals surface area contributed by atoms with Crippen LogP contribution in [0.4, 0.5) is 0 Å². The molecule has 0 spiro atoms. The van der Waals surface area contributed by atoms with Gasteiger partial charge >= 0.3 is 0 Å². The standard InChI is InChI=1S/C11H20.3C10H18.3C9H16/c1-8-9-4-6-10(7-5-9)11(8,2)3;1-7-8-4-5-9(6-8)10(7,2)3;1-8-7-9-3-5-10(8,2)6-4-9;1-7-8(2)10-5-3-9(7)4-6-10;1-6-7(2)9-4-3-8(6)5-9;1-7-6-8-2-4-9(7)5-3-8;1-2-8-5-7-3-4-9(8)6-7/h8-10H,4-7H2,1-3H3;7-9H,4-6H2,1-3H3;8-9H,3-7H2,1-2H3;7-10H,3-6H2,1-2H3;6-9H,3-5H2,1-2H3;2*7-9H,2-6H2,1H3/t8-,9?,10?;7-,8?,9?;8-,9?,10?;7-,8?,9?,10?;6-,7?,8?,9?;7-,8?,9?;/m110000./s1. The molecule has 15 atom stereocenters. The second kappa shape index (κ2) is 22.9. The highest BCUT2D eigenvalue weighted by atomic mass is 14.6. The highest BCUT2D eigenvalue weighted by molar-refractivity contribution is 5.00. The molecule has 0 heterocycles. The third kappa shape index (κ3) is 11.9.